The maximum atomic E-state index is 13.8. The van der Waals surface area contributed by atoms with Gasteiger partial charge < -0.3 is 19.2 Å². The number of nitrogens with zero attached hydrogens (tertiary/aromatic N) is 2. The van der Waals surface area contributed by atoms with E-state index in [1.165, 1.54) is 0 Å². The fourth-order valence-electron chi connectivity index (χ4n) is 4.87. The Balaban J connectivity index is 1.39. The second kappa shape index (κ2) is 8.23. The van der Waals surface area contributed by atoms with Gasteiger partial charge in [-0.15, -0.1) is 0 Å². The number of fused-ring (bicyclic) bond motifs is 4. The Hall–Kier alpha value is -4.32. The second-order valence-electron chi connectivity index (χ2n) is 8.58. The Bertz CT molecular complexity index is 1510. The predicted octanol–water partition coefficient (Wildman–Crippen LogP) is 4.73. The van der Waals surface area contributed by atoms with Crippen LogP contribution in [0.5, 0.6) is 0 Å². The van der Waals surface area contributed by atoms with Crippen LogP contribution in [-0.4, -0.2) is 27.3 Å². The molecular formula is C28H23N3O3. The molecule has 1 aliphatic heterocycles. The van der Waals surface area contributed by atoms with Crippen molar-refractivity contribution in [1.82, 2.24) is 14.8 Å². The first-order valence-electron chi connectivity index (χ1n) is 11.3. The summed E-state index contributed by atoms with van der Waals surface area (Å²) in [4.78, 5) is 28.9. The van der Waals surface area contributed by atoms with E-state index in [0.717, 1.165) is 27.2 Å². The summed E-state index contributed by atoms with van der Waals surface area (Å²) in [5.41, 5.74) is 2.58. The van der Waals surface area contributed by atoms with Crippen LogP contribution >= 0.6 is 0 Å². The van der Waals surface area contributed by atoms with Gasteiger partial charge in [0.2, 0.25) is 5.91 Å². The summed E-state index contributed by atoms with van der Waals surface area (Å²) in [5, 5.41) is 6.14. The van der Waals surface area contributed by atoms with Crippen molar-refractivity contribution in [3.05, 3.63) is 108 Å². The normalized spacial score (nSPS) is 15.6. The minimum Gasteiger partial charge on any atom is -0.467 e. The lowest BCUT2D eigenvalue weighted by molar-refractivity contribution is -0.126. The molecule has 6 nitrogen and oxygen atoms in total. The highest BCUT2D eigenvalue weighted by molar-refractivity contribution is 6.02. The van der Waals surface area contributed by atoms with Crippen LogP contribution in [0, 0.1) is 0 Å². The van der Waals surface area contributed by atoms with Gasteiger partial charge in [-0.25, -0.2) is 0 Å². The number of carbonyl (C=O) groups is 2. The van der Waals surface area contributed by atoms with Crippen LogP contribution in [0.25, 0.3) is 21.7 Å². The van der Waals surface area contributed by atoms with Crippen molar-refractivity contribution >= 4 is 33.5 Å². The lowest BCUT2D eigenvalue weighted by Crippen LogP contribution is -2.54. The van der Waals surface area contributed by atoms with E-state index in [0.29, 0.717) is 24.5 Å². The van der Waals surface area contributed by atoms with Crippen LogP contribution in [0.15, 0.2) is 95.6 Å². The molecule has 0 bridgehead atoms. The van der Waals surface area contributed by atoms with E-state index in [-0.39, 0.29) is 18.4 Å². The zero-order valence-corrected chi connectivity index (χ0v) is 18.5. The van der Waals surface area contributed by atoms with E-state index >= 15 is 0 Å². The van der Waals surface area contributed by atoms with Gasteiger partial charge in [0.05, 0.1) is 19.4 Å². The molecule has 3 aromatic carbocycles. The predicted molar refractivity (Wildman–Crippen MR) is 130 cm³/mol. The number of amides is 2. The third kappa shape index (κ3) is 3.44. The summed E-state index contributed by atoms with van der Waals surface area (Å²) < 4.78 is 7.33. The van der Waals surface area contributed by atoms with Gasteiger partial charge in [0.15, 0.2) is 0 Å². The highest BCUT2D eigenvalue weighted by Gasteiger charge is 2.38. The molecule has 0 unspecified atom stereocenters. The zero-order valence-electron chi connectivity index (χ0n) is 18.5. The number of para-hydroxylation sites is 1. The summed E-state index contributed by atoms with van der Waals surface area (Å²) in [7, 11) is 0. The van der Waals surface area contributed by atoms with Crippen molar-refractivity contribution in [2.24, 2.45) is 0 Å². The summed E-state index contributed by atoms with van der Waals surface area (Å²) in [6.45, 7) is 1.02. The average molecular weight is 450 g/mol. The third-order valence-electron chi connectivity index (χ3n) is 6.56. The molecule has 0 radical (unpaired) electrons. The van der Waals surface area contributed by atoms with Gasteiger partial charge in [0.1, 0.15) is 17.5 Å². The first-order valence-corrected chi connectivity index (χ1v) is 11.3. The van der Waals surface area contributed by atoms with Crippen LogP contribution in [0.1, 0.15) is 21.8 Å². The summed E-state index contributed by atoms with van der Waals surface area (Å²) in [6.07, 6.45) is 1.58. The number of carbonyl (C=O) groups excluding carboxylic acids is 2. The monoisotopic (exact) mass is 449 g/mol. The molecule has 0 saturated heterocycles. The third-order valence-corrected chi connectivity index (χ3v) is 6.56. The van der Waals surface area contributed by atoms with E-state index in [2.05, 4.69) is 23.5 Å². The molecule has 6 heteroatoms. The number of rotatable bonds is 5. The van der Waals surface area contributed by atoms with Crippen molar-refractivity contribution in [1.29, 1.82) is 0 Å². The summed E-state index contributed by atoms with van der Waals surface area (Å²) >= 11 is 0. The van der Waals surface area contributed by atoms with Crippen molar-refractivity contribution in [2.75, 3.05) is 0 Å². The molecule has 5 aromatic rings. The molecule has 2 amide bonds. The van der Waals surface area contributed by atoms with Crippen LogP contribution in [0.3, 0.4) is 0 Å². The lowest BCUT2D eigenvalue weighted by Gasteiger charge is -2.36. The molecule has 0 fully saturated rings. The first kappa shape index (κ1) is 20.3. The van der Waals surface area contributed by atoms with E-state index in [9.17, 15) is 9.59 Å². The lowest BCUT2D eigenvalue weighted by atomic mass is 10.0. The van der Waals surface area contributed by atoms with Gasteiger partial charge in [-0.05, 0) is 40.6 Å². The Kier molecular flexibility index (Phi) is 4.91. The van der Waals surface area contributed by atoms with Gasteiger partial charge >= 0.3 is 0 Å². The fraction of sp³-hybridized carbons (Fsp3) is 0.143. The van der Waals surface area contributed by atoms with Crippen molar-refractivity contribution in [3.63, 3.8) is 0 Å². The number of benzene rings is 3. The van der Waals surface area contributed by atoms with E-state index in [1.807, 2.05) is 65.2 Å². The maximum Gasteiger partial charge on any atom is 0.271 e. The van der Waals surface area contributed by atoms with Crippen LogP contribution < -0.4 is 5.32 Å². The Labute approximate surface area is 196 Å². The van der Waals surface area contributed by atoms with Gasteiger partial charge in [-0.1, -0.05) is 60.7 Å². The molecule has 0 saturated carbocycles. The minimum atomic E-state index is -0.648. The van der Waals surface area contributed by atoms with Crippen molar-refractivity contribution in [3.8, 4) is 0 Å². The molecular weight excluding hydrogens is 426 g/mol. The van der Waals surface area contributed by atoms with E-state index in [4.69, 9.17) is 4.42 Å². The maximum absolute atomic E-state index is 13.8. The minimum absolute atomic E-state index is 0.145. The molecule has 0 aliphatic carbocycles. The molecule has 1 N–H and O–H groups in total. The number of aromatic nitrogens is 1. The topological polar surface area (TPSA) is 67.5 Å². The quantitative estimate of drug-likeness (QED) is 0.422. The van der Waals surface area contributed by atoms with Gasteiger partial charge in [0, 0.05) is 17.4 Å². The molecule has 1 aliphatic rings. The average Bonchev–Trinajstić information content (AvgIpc) is 3.52. The van der Waals surface area contributed by atoms with E-state index < -0.39 is 6.04 Å². The molecule has 168 valence electrons. The first-order chi connectivity index (χ1) is 16.7. The highest BCUT2D eigenvalue weighted by Crippen LogP contribution is 2.29. The van der Waals surface area contributed by atoms with Crippen molar-refractivity contribution < 1.29 is 14.0 Å². The molecule has 6 rings (SSSR count). The highest BCUT2D eigenvalue weighted by atomic mass is 16.3. The van der Waals surface area contributed by atoms with Crippen LogP contribution in [0.2, 0.25) is 0 Å². The SMILES string of the molecule is O=C(NCc1ccco1)[C@@H]1Cn2c(cc3ccccc32)C(=O)N1Cc1cccc2ccccc12. The number of furan rings is 1. The van der Waals surface area contributed by atoms with Crippen LogP contribution in [0.4, 0.5) is 0 Å². The molecule has 2 aromatic heterocycles. The number of hydrogen-bond acceptors (Lipinski definition) is 3. The van der Waals surface area contributed by atoms with Crippen LogP contribution in [-0.2, 0) is 24.4 Å². The van der Waals surface area contributed by atoms with Gasteiger partial charge in [-0.2, -0.15) is 0 Å². The number of nitrogens with one attached hydrogen (secondary N) is 1. The van der Waals surface area contributed by atoms with Gasteiger partial charge in [0.25, 0.3) is 5.91 Å². The Morgan fingerprint density at radius 2 is 1.74 bits per heavy atom. The Morgan fingerprint density at radius 3 is 2.59 bits per heavy atom. The summed E-state index contributed by atoms with van der Waals surface area (Å²) in [6, 6.07) is 27.0. The molecule has 34 heavy (non-hydrogen) atoms. The van der Waals surface area contributed by atoms with E-state index in [1.54, 1.807) is 17.2 Å². The smallest absolute Gasteiger partial charge is 0.271 e. The van der Waals surface area contributed by atoms with Gasteiger partial charge in [-0.3, -0.25) is 9.59 Å². The molecule has 0 spiro atoms. The molecule has 1 atom stereocenters. The molecule has 3 heterocycles. The Morgan fingerprint density at radius 1 is 0.941 bits per heavy atom. The summed E-state index contributed by atoms with van der Waals surface area (Å²) in [5.74, 6) is 0.324. The van der Waals surface area contributed by atoms with Crippen molar-refractivity contribution in [2.45, 2.75) is 25.7 Å². The second-order valence-corrected chi connectivity index (χ2v) is 8.58. The number of hydrogen-bond donors (Lipinski definition) is 1. The standard InChI is InChI=1S/C28H23N3O3/c32-27(29-16-22-11-6-14-34-22)26-18-30-24-13-4-2-8-20(24)15-25(30)28(33)31(26)17-21-10-5-9-19-7-1-3-12-23(19)21/h1-15,26H,16-18H2,(H,29,32)/t26-/m0/s1. The largest absolute Gasteiger partial charge is 0.467 e. The zero-order chi connectivity index (χ0) is 23.1. The fourth-order valence-corrected chi connectivity index (χ4v) is 4.87.